The second kappa shape index (κ2) is 13.7. The van der Waals surface area contributed by atoms with Gasteiger partial charge in [0.2, 0.25) is 0 Å². The molecule has 0 aromatic heterocycles. The van der Waals surface area contributed by atoms with E-state index in [-0.39, 0.29) is 12.3 Å². The number of unbranched alkanes of at least 4 members (excludes halogenated alkanes) is 8. The minimum Gasteiger partial charge on any atom is -0.481 e. The van der Waals surface area contributed by atoms with Gasteiger partial charge >= 0.3 is 5.97 Å². The van der Waals surface area contributed by atoms with E-state index in [0.717, 1.165) is 44.9 Å². The lowest BCUT2D eigenvalue weighted by molar-refractivity contribution is -0.137. The monoisotopic (exact) mass is 356 g/mol. The normalized spacial score (nSPS) is 20.6. The predicted molar refractivity (Wildman–Crippen MR) is 103 cm³/mol. The van der Waals surface area contributed by atoms with Crippen molar-refractivity contribution in [2.75, 3.05) is 5.75 Å². The Morgan fingerprint density at radius 2 is 1.71 bits per heavy atom. The molecule has 4 heteroatoms. The summed E-state index contributed by atoms with van der Waals surface area (Å²) in [5, 5.41) is 9.18. The smallest absolute Gasteiger partial charge is 0.303 e. The van der Waals surface area contributed by atoms with E-state index in [1.807, 2.05) is 11.8 Å². The molecule has 3 nitrogen and oxygen atoms in total. The highest BCUT2D eigenvalue weighted by Gasteiger charge is 2.33. The largest absolute Gasteiger partial charge is 0.481 e. The van der Waals surface area contributed by atoms with Crippen LogP contribution in [-0.4, -0.2) is 27.9 Å². The van der Waals surface area contributed by atoms with E-state index in [1.54, 1.807) is 0 Å². The maximum absolute atomic E-state index is 12.1. The molecule has 2 unspecified atom stereocenters. The van der Waals surface area contributed by atoms with Crippen LogP contribution in [0, 0.1) is 5.92 Å². The van der Waals surface area contributed by atoms with Crippen molar-refractivity contribution in [2.45, 2.75) is 102 Å². The number of rotatable bonds is 15. The molecule has 0 saturated heterocycles. The number of carbonyl (C=O) groups is 2. The van der Waals surface area contributed by atoms with Gasteiger partial charge in [-0.3, -0.25) is 9.59 Å². The van der Waals surface area contributed by atoms with Gasteiger partial charge in [0.15, 0.2) is 0 Å². The highest BCUT2D eigenvalue weighted by molar-refractivity contribution is 7.99. The number of carbonyl (C=O) groups excluding carboxylic acids is 1. The van der Waals surface area contributed by atoms with Crippen LogP contribution in [0.15, 0.2) is 0 Å². The molecular weight excluding hydrogens is 320 g/mol. The number of hydrogen-bond acceptors (Lipinski definition) is 3. The average molecular weight is 357 g/mol. The second-order valence-corrected chi connectivity index (χ2v) is 8.48. The first-order chi connectivity index (χ1) is 11.6. The summed E-state index contributed by atoms with van der Waals surface area (Å²) in [6.45, 7) is 2.25. The van der Waals surface area contributed by atoms with Crippen molar-refractivity contribution in [3.05, 3.63) is 0 Å². The number of thioether (sulfide) groups is 1. The molecule has 1 rings (SSSR count). The van der Waals surface area contributed by atoms with Gasteiger partial charge in [0.1, 0.15) is 5.78 Å². The molecule has 1 aliphatic rings. The van der Waals surface area contributed by atoms with Gasteiger partial charge in [-0.1, -0.05) is 58.3 Å². The third-order valence-electron chi connectivity index (χ3n) is 5.02. The lowest BCUT2D eigenvalue weighted by Gasteiger charge is -2.18. The summed E-state index contributed by atoms with van der Waals surface area (Å²) in [5.41, 5.74) is 0. The average Bonchev–Trinajstić information content (AvgIpc) is 2.90. The molecule has 0 aliphatic heterocycles. The Morgan fingerprint density at radius 1 is 1.04 bits per heavy atom. The Kier molecular flexibility index (Phi) is 12.3. The minimum absolute atomic E-state index is 0.273. The Balaban J connectivity index is 2.08. The van der Waals surface area contributed by atoms with Crippen LogP contribution in [0.1, 0.15) is 96.8 Å². The molecule has 1 aliphatic carbocycles. The van der Waals surface area contributed by atoms with E-state index in [4.69, 9.17) is 5.11 Å². The minimum atomic E-state index is -0.702. The molecule has 1 fully saturated rings. The van der Waals surface area contributed by atoms with Crippen LogP contribution in [0.5, 0.6) is 0 Å². The topological polar surface area (TPSA) is 54.4 Å². The number of hydrogen-bond donors (Lipinski definition) is 1. The molecule has 0 heterocycles. The summed E-state index contributed by atoms with van der Waals surface area (Å²) in [6, 6.07) is 0. The van der Waals surface area contributed by atoms with Gasteiger partial charge in [-0.25, -0.2) is 0 Å². The molecule has 0 radical (unpaired) electrons. The lowest BCUT2D eigenvalue weighted by atomic mass is 9.98. The number of Topliss-reactive ketones (excluding diaryl/α,β-unsaturated/α-hetero) is 1. The van der Waals surface area contributed by atoms with Crippen molar-refractivity contribution in [1.82, 2.24) is 0 Å². The van der Waals surface area contributed by atoms with Crippen molar-refractivity contribution in [3.63, 3.8) is 0 Å². The van der Waals surface area contributed by atoms with Crippen LogP contribution in [0.4, 0.5) is 0 Å². The molecule has 0 amide bonds. The third kappa shape index (κ3) is 9.71. The molecule has 1 saturated carbocycles. The molecule has 140 valence electrons. The lowest BCUT2D eigenvalue weighted by Crippen LogP contribution is -2.17. The number of carboxylic acids is 1. The molecule has 0 spiro atoms. The molecular formula is C20H36O3S. The Labute approximate surface area is 152 Å². The second-order valence-electron chi connectivity index (χ2n) is 7.14. The Bertz CT molecular complexity index is 357. The first-order valence-corrected chi connectivity index (χ1v) is 11.1. The summed E-state index contributed by atoms with van der Waals surface area (Å²) in [4.78, 5) is 22.6. The zero-order valence-corrected chi connectivity index (χ0v) is 16.2. The summed E-state index contributed by atoms with van der Waals surface area (Å²) in [5.74, 6) is 1.25. The van der Waals surface area contributed by atoms with Gasteiger partial charge in [-0.05, 0) is 31.4 Å². The summed E-state index contributed by atoms with van der Waals surface area (Å²) < 4.78 is 0. The van der Waals surface area contributed by atoms with Crippen LogP contribution >= 0.6 is 11.8 Å². The molecule has 2 atom stereocenters. The highest BCUT2D eigenvalue weighted by Crippen LogP contribution is 2.36. The maximum Gasteiger partial charge on any atom is 0.303 e. The van der Waals surface area contributed by atoms with Gasteiger partial charge in [-0.2, -0.15) is 11.8 Å². The van der Waals surface area contributed by atoms with Gasteiger partial charge < -0.3 is 5.11 Å². The Morgan fingerprint density at radius 3 is 2.46 bits per heavy atom. The third-order valence-corrected chi connectivity index (χ3v) is 6.54. The quantitative estimate of drug-likeness (QED) is 0.374. The van der Waals surface area contributed by atoms with E-state index >= 15 is 0 Å². The SMILES string of the molecule is CCCCCCCCSC1CCC(=O)C1CCCCCCC(=O)O. The standard InChI is InChI=1S/C20H36O3S/c1-2-3-4-5-8-11-16-24-19-15-14-18(21)17(19)12-9-6-7-10-13-20(22)23/h17,19H,2-16H2,1H3,(H,22,23). The zero-order valence-electron chi connectivity index (χ0n) is 15.4. The van der Waals surface area contributed by atoms with E-state index in [9.17, 15) is 9.59 Å². The molecule has 0 aromatic carbocycles. The Hall–Kier alpha value is -0.510. The fraction of sp³-hybridized carbons (Fsp3) is 0.900. The summed E-state index contributed by atoms with van der Waals surface area (Å²) in [7, 11) is 0. The molecule has 0 aromatic rings. The van der Waals surface area contributed by atoms with Crippen molar-refractivity contribution < 1.29 is 14.7 Å². The van der Waals surface area contributed by atoms with Crippen molar-refractivity contribution in [3.8, 4) is 0 Å². The predicted octanol–water partition coefficient (Wildman–Crippen LogP) is 5.85. The van der Waals surface area contributed by atoms with Crippen molar-refractivity contribution in [2.24, 2.45) is 5.92 Å². The van der Waals surface area contributed by atoms with Crippen molar-refractivity contribution in [1.29, 1.82) is 0 Å². The van der Waals surface area contributed by atoms with Gasteiger partial charge in [0, 0.05) is 24.0 Å². The van der Waals surface area contributed by atoms with Crippen molar-refractivity contribution >= 4 is 23.5 Å². The van der Waals surface area contributed by atoms with Gasteiger partial charge in [-0.15, -0.1) is 0 Å². The van der Waals surface area contributed by atoms with Crippen LogP contribution in [0.3, 0.4) is 0 Å². The van der Waals surface area contributed by atoms with Crippen LogP contribution in [0.25, 0.3) is 0 Å². The molecule has 1 N–H and O–H groups in total. The number of aliphatic carboxylic acids is 1. The fourth-order valence-electron chi connectivity index (χ4n) is 3.54. The van der Waals surface area contributed by atoms with E-state index in [0.29, 0.717) is 11.0 Å². The van der Waals surface area contributed by atoms with E-state index < -0.39 is 5.97 Å². The van der Waals surface area contributed by atoms with Crippen LogP contribution in [0.2, 0.25) is 0 Å². The summed E-state index contributed by atoms with van der Waals surface area (Å²) in [6.07, 6.45) is 15.0. The maximum atomic E-state index is 12.1. The van der Waals surface area contributed by atoms with Crippen LogP contribution < -0.4 is 0 Å². The fourth-order valence-corrected chi connectivity index (χ4v) is 5.01. The van der Waals surface area contributed by atoms with Crippen LogP contribution in [-0.2, 0) is 9.59 Å². The zero-order chi connectivity index (χ0) is 17.6. The number of ketones is 1. The van der Waals surface area contributed by atoms with Gasteiger partial charge in [0.05, 0.1) is 0 Å². The molecule has 24 heavy (non-hydrogen) atoms. The summed E-state index contributed by atoms with van der Waals surface area (Å²) >= 11 is 2.03. The highest BCUT2D eigenvalue weighted by atomic mass is 32.2. The van der Waals surface area contributed by atoms with E-state index in [1.165, 1.54) is 44.3 Å². The first-order valence-electron chi connectivity index (χ1n) is 10.0. The molecule has 0 bridgehead atoms. The first kappa shape index (κ1) is 21.5. The van der Waals surface area contributed by atoms with E-state index in [2.05, 4.69) is 6.92 Å². The number of carboxylic acid groups (broad SMARTS) is 1. The van der Waals surface area contributed by atoms with Gasteiger partial charge in [0.25, 0.3) is 0 Å².